The van der Waals surface area contributed by atoms with Crippen molar-refractivity contribution in [2.24, 2.45) is 0 Å². The summed E-state index contributed by atoms with van der Waals surface area (Å²) in [4.78, 5) is 4.44. The topological polar surface area (TPSA) is 53.6 Å². The summed E-state index contributed by atoms with van der Waals surface area (Å²) in [5.74, 6) is 0. The summed E-state index contributed by atoms with van der Waals surface area (Å²) in [6.45, 7) is 2.59. The third kappa shape index (κ3) is 1.96. The zero-order valence-electron chi connectivity index (χ0n) is 9.95. The largest absolute Gasteiger partial charge is 0.331 e. The maximum Gasteiger partial charge on any atom is 0.121 e. The molecule has 1 aromatic rings. The van der Waals surface area contributed by atoms with Gasteiger partial charge >= 0.3 is 0 Å². The van der Waals surface area contributed by atoms with Crippen LogP contribution in [0.4, 0.5) is 0 Å². The molecule has 1 heterocycles. The number of likely N-dealkylation sites (N-methyl/N-ethyl adjacent to an activating group) is 1. The Labute approximate surface area is 96.3 Å². The number of nitrogens with zero attached hydrogens (tertiary/aromatic N) is 3. The van der Waals surface area contributed by atoms with E-state index < -0.39 is 5.54 Å². The monoisotopic (exact) mass is 218 g/mol. The van der Waals surface area contributed by atoms with E-state index in [1.165, 1.54) is 24.2 Å². The van der Waals surface area contributed by atoms with Crippen molar-refractivity contribution >= 4 is 0 Å². The smallest absolute Gasteiger partial charge is 0.121 e. The summed E-state index contributed by atoms with van der Waals surface area (Å²) in [7, 11) is 1.83. The van der Waals surface area contributed by atoms with Crippen LogP contribution in [0.1, 0.15) is 31.2 Å². The molecule has 0 bridgehead atoms. The Hall–Kier alpha value is -1.34. The molecule has 4 nitrogen and oxygen atoms in total. The Morgan fingerprint density at radius 1 is 1.56 bits per heavy atom. The van der Waals surface area contributed by atoms with Gasteiger partial charge in [-0.2, -0.15) is 5.26 Å². The average Bonchev–Trinajstić information content (AvgIpc) is 2.73. The van der Waals surface area contributed by atoms with Crippen LogP contribution in [0.15, 0.2) is 6.33 Å². The van der Waals surface area contributed by atoms with Gasteiger partial charge < -0.3 is 9.88 Å². The van der Waals surface area contributed by atoms with Crippen molar-refractivity contribution in [2.45, 2.75) is 44.7 Å². The van der Waals surface area contributed by atoms with Gasteiger partial charge in [-0.3, -0.25) is 0 Å². The molecule has 86 valence electrons. The first-order valence-electron chi connectivity index (χ1n) is 5.81. The zero-order chi connectivity index (χ0) is 11.6. The van der Waals surface area contributed by atoms with Gasteiger partial charge in [0.25, 0.3) is 0 Å². The molecule has 0 amide bonds. The maximum absolute atomic E-state index is 9.14. The fraction of sp³-hybridized carbons (Fsp3) is 0.667. The Balaban J connectivity index is 2.22. The van der Waals surface area contributed by atoms with Crippen molar-refractivity contribution in [1.82, 2.24) is 14.9 Å². The van der Waals surface area contributed by atoms with Crippen molar-refractivity contribution in [3.63, 3.8) is 0 Å². The van der Waals surface area contributed by atoms with Gasteiger partial charge in [-0.05, 0) is 39.7 Å². The molecule has 1 aliphatic carbocycles. The van der Waals surface area contributed by atoms with Crippen LogP contribution in [0.25, 0.3) is 0 Å². The summed E-state index contributed by atoms with van der Waals surface area (Å²) in [5, 5.41) is 12.2. The lowest BCUT2D eigenvalue weighted by atomic mass is 10.00. The maximum atomic E-state index is 9.14. The predicted octanol–water partition coefficient (Wildman–Crippen LogP) is 1.26. The van der Waals surface area contributed by atoms with Gasteiger partial charge in [0.05, 0.1) is 24.6 Å². The minimum Gasteiger partial charge on any atom is -0.331 e. The van der Waals surface area contributed by atoms with E-state index in [1.807, 2.05) is 20.3 Å². The molecule has 1 atom stereocenters. The van der Waals surface area contributed by atoms with E-state index in [2.05, 4.69) is 20.9 Å². The first-order valence-corrected chi connectivity index (χ1v) is 5.81. The second-order valence-corrected chi connectivity index (χ2v) is 4.67. The molecular formula is C12H18N4. The zero-order valence-corrected chi connectivity index (χ0v) is 9.95. The van der Waals surface area contributed by atoms with Gasteiger partial charge in [0, 0.05) is 5.69 Å². The van der Waals surface area contributed by atoms with Gasteiger partial charge in [0.2, 0.25) is 0 Å². The van der Waals surface area contributed by atoms with Crippen molar-refractivity contribution < 1.29 is 0 Å². The molecule has 1 aliphatic rings. The minimum absolute atomic E-state index is 0.508. The fourth-order valence-corrected chi connectivity index (χ4v) is 2.18. The number of nitrogens with one attached hydrogen (secondary N) is 1. The van der Waals surface area contributed by atoms with Crippen LogP contribution in [0.2, 0.25) is 0 Å². The number of hydrogen-bond donors (Lipinski definition) is 1. The molecule has 0 aromatic carbocycles. The van der Waals surface area contributed by atoms with Crippen molar-refractivity contribution in [3.05, 3.63) is 17.7 Å². The van der Waals surface area contributed by atoms with E-state index in [4.69, 9.17) is 5.26 Å². The lowest BCUT2D eigenvalue weighted by Crippen LogP contribution is -2.42. The van der Waals surface area contributed by atoms with Crippen LogP contribution < -0.4 is 5.32 Å². The van der Waals surface area contributed by atoms with Crippen molar-refractivity contribution in [1.29, 1.82) is 5.26 Å². The molecule has 0 aliphatic heterocycles. The van der Waals surface area contributed by atoms with Crippen LogP contribution in [0.3, 0.4) is 0 Å². The number of aromatic nitrogens is 2. The highest BCUT2D eigenvalue weighted by Gasteiger charge is 2.24. The Morgan fingerprint density at radius 2 is 2.31 bits per heavy atom. The van der Waals surface area contributed by atoms with Crippen LogP contribution >= 0.6 is 0 Å². The van der Waals surface area contributed by atoms with E-state index in [9.17, 15) is 0 Å². The first-order chi connectivity index (χ1) is 7.68. The normalized spacial score (nSPS) is 18.6. The summed E-state index contributed by atoms with van der Waals surface area (Å²) < 4.78 is 2.13. The molecule has 1 unspecified atom stereocenters. The highest BCUT2D eigenvalue weighted by molar-refractivity contribution is 5.18. The van der Waals surface area contributed by atoms with E-state index in [0.717, 1.165) is 12.8 Å². The molecule has 0 saturated heterocycles. The minimum atomic E-state index is -0.508. The number of imidazole rings is 1. The second-order valence-electron chi connectivity index (χ2n) is 4.67. The molecule has 1 N–H and O–H groups in total. The lowest BCUT2D eigenvalue weighted by Gasteiger charge is -2.23. The van der Waals surface area contributed by atoms with Gasteiger partial charge in [0.1, 0.15) is 5.54 Å². The van der Waals surface area contributed by atoms with Gasteiger partial charge in [-0.25, -0.2) is 4.98 Å². The summed E-state index contributed by atoms with van der Waals surface area (Å²) in [6.07, 6.45) is 6.54. The van der Waals surface area contributed by atoms with E-state index in [-0.39, 0.29) is 0 Å². The third-order valence-electron chi connectivity index (χ3n) is 3.40. The number of fused-ring (bicyclic) bond motifs is 1. The fourth-order valence-electron chi connectivity index (χ4n) is 2.18. The van der Waals surface area contributed by atoms with Crippen molar-refractivity contribution in [3.8, 4) is 6.07 Å². The van der Waals surface area contributed by atoms with Gasteiger partial charge in [-0.15, -0.1) is 0 Å². The highest BCUT2D eigenvalue weighted by Crippen LogP contribution is 2.21. The van der Waals surface area contributed by atoms with Crippen LogP contribution in [-0.2, 0) is 19.4 Å². The molecule has 0 radical (unpaired) electrons. The summed E-state index contributed by atoms with van der Waals surface area (Å²) >= 11 is 0. The third-order valence-corrected chi connectivity index (χ3v) is 3.40. The molecule has 2 rings (SSSR count). The Kier molecular flexibility index (Phi) is 2.97. The standard InChI is InChI=1S/C12H18N4/c1-12(7-13,14-2)8-16-9-15-10-5-3-4-6-11(10)16/h9,14H,3-6,8H2,1-2H3. The van der Waals surface area contributed by atoms with E-state index in [0.29, 0.717) is 6.54 Å². The predicted molar refractivity (Wildman–Crippen MR) is 61.9 cm³/mol. The Morgan fingerprint density at radius 3 is 3.00 bits per heavy atom. The number of nitriles is 1. The summed E-state index contributed by atoms with van der Waals surface area (Å²) in [6, 6.07) is 2.31. The first kappa shape index (κ1) is 11.2. The molecule has 0 fully saturated rings. The molecule has 0 saturated carbocycles. The second kappa shape index (κ2) is 4.26. The highest BCUT2D eigenvalue weighted by atomic mass is 15.1. The quantitative estimate of drug-likeness (QED) is 0.831. The number of aryl methyl sites for hydroxylation is 1. The molecular weight excluding hydrogens is 200 g/mol. The number of hydrogen-bond acceptors (Lipinski definition) is 3. The SMILES string of the molecule is CNC(C)(C#N)Cn1cnc2c1CCCC2. The van der Waals surface area contributed by atoms with Crippen molar-refractivity contribution in [2.75, 3.05) is 7.05 Å². The van der Waals surface area contributed by atoms with Gasteiger partial charge in [-0.1, -0.05) is 0 Å². The summed E-state index contributed by atoms with van der Waals surface area (Å²) in [5.41, 5.74) is 2.04. The Bertz CT molecular complexity index is 415. The van der Waals surface area contributed by atoms with Gasteiger partial charge in [0.15, 0.2) is 0 Å². The van der Waals surface area contributed by atoms with E-state index in [1.54, 1.807) is 0 Å². The average molecular weight is 218 g/mol. The van der Waals surface area contributed by atoms with Crippen LogP contribution in [-0.4, -0.2) is 22.1 Å². The number of rotatable bonds is 3. The lowest BCUT2D eigenvalue weighted by molar-refractivity contribution is 0.409. The van der Waals surface area contributed by atoms with Crippen LogP contribution in [0, 0.1) is 11.3 Å². The van der Waals surface area contributed by atoms with Crippen LogP contribution in [0.5, 0.6) is 0 Å². The van der Waals surface area contributed by atoms with E-state index >= 15 is 0 Å². The molecule has 4 heteroatoms. The molecule has 0 spiro atoms. The molecule has 1 aromatic heterocycles. The molecule has 16 heavy (non-hydrogen) atoms.